The summed E-state index contributed by atoms with van der Waals surface area (Å²) < 4.78 is 18.8. The van der Waals surface area contributed by atoms with Gasteiger partial charge in [0.05, 0.1) is 10.7 Å². The zero-order valence-corrected chi connectivity index (χ0v) is 14.3. The molecule has 0 heterocycles. The standard InChI is InChI=1S/C19H12Cl2FNO2/c20-13-7-10-17(15(21)11-13)25-18-4-2-1-3-16(18)23-19(24)12-5-8-14(22)9-6-12/h1-11H,(H,23,24). The quantitative estimate of drug-likeness (QED) is 0.591. The van der Waals surface area contributed by atoms with Gasteiger partial charge in [0.15, 0.2) is 5.75 Å². The Morgan fingerprint density at radius 2 is 1.64 bits per heavy atom. The van der Waals surface area contributed by atoms with E-state index >= 15 is 0 Å². The fourth-order valence-electron chi connectivity index (χ4n) is 2.13. The number of ether oxygens (including phenoxy) is 1. The Morgan fingerprint density at radius 3 is 2.36 bits per heavy atom. The molecule has 126 valence electrons. The van der Waals surface area contributed by atoms with Gasteiger partial charge < -0.3 is 10.1 Å². The molecule has 0 saturated carbocycles. The maximum atomic E-state index is 13.0. The largest absolute Gasteiger partial charge is 0.454 e. The van der Waals surface area contributed by atoms with Crippen molar-refractivity contribution in [3.05, 3.63) is 88.2 Å². The number of amides is 1. The number of hydrogen-bond acceptors (Lipinski definition) is 2. The summed E-state index contributed by atoms with van der Waals surface area (Å²) in [7, 11) is 0. The number of para-hydroxylation sites is 2. The molecule has 6 heteroatoms. The van der Waals surface area contributed by atoms with Crippen molar-refractivity contribution in [3.8, 4) is 11.5 Å². The average Bonchev–Trinajstić information content (AvgIpc) is 2.59. The van der Waals surface area contributed by atoms with Crippen molar-refractivity contribution in [2.75, 3.05) is 5.32 Å². The molecule has 0 unspecified atom stereocenters. The summed E-state index contributed by atoms with van der Waals surface area (Å²) in [5.41, 5.74) is 0.795. The number of carbonyl (C=O) groups excluding carboxylic acids is 1. The predicted octanol–water partition coefficient (Wildman–Crippen LogP) is 6.18. The van der Waals surface area contributed by atoms with E-state index in [9.17, 15) is 9.18 Å². The van der Waals surface area contributed by atoms with Gasteiger partial charge in [-0.05, 0) is 54.6 Å². The minimum atomic E-state index is -0.405. The Kier molecular flexibility index (Phi) is 5.22. The molecule has 3 rings (SSSR count). The van der Waals surface area contributed by atoms with Crippen LogP contribution in [0.3, 0.4) is 0 Å². The number of benzene rings is 3. The molecule has 1 amide bonds. The highest BCUT2D eigenvalue weighted by Crippen LogP contribution is 2.35. The zero-order valence-electron chi connectivity index (χ0n) is 12.8. The lowest BCUT2D eigenvalue weighted by molar-refractivity contribution is 0.102. The molecule has 1 N–H and O–H groups in total. The fraction of sp³-hybridized carbons (Fsp3) is 0. The van der Waals surface area contributed by atoms with Crippen LogP contribution in [-0.2, 0) is 0 Å². The molecule has 25 heavy (non-hydrogen) atoms. The normalized spacial score (nSPS) is 10.4. The first-order chi connectivity index (χ1) is 12.0. The monoisotopic (exact) mass is 375 g/mol. The lowest BCUT2D eigenvalue weighted by atomic mass is 10.2. The molecular weight excluding hydrogens is 364 g/mol. The third kappa shape index (κ3) is 4.29. The first kappa shape index (κ1) is 17.3. The van der Waals surface area contributed by atoms with Crippen LogP contribution in [0, 0.1) is 5.82 Å². The minimum Gasteiger partial charge on any atom is -0.454 e. The number of hydrogen-bond donors (Lipinski definition) is 1. The minimum absolute atomic E-state index is 0.334. The van der Waals surface area contributed by atoms with Crippen molar-refractivity contribution < 1.29 is 13.9 Å². The summed E-state index contributed by atoms with van der Waals surface area (Å²) in [4.78, 5) is 12.3. The molecule has 0 spiro atoms. The van der Waals surface area contributed by atoms with Crippen LogP contribution in [0.5, 0.6) is 11.5 Å². The van der Waals surface area contributed by atoms with Crippen LogP contribution in [-0.4, -0.2) is 5.91 Å². The molecule has 0 aromatic heterocycles. The van der Waals surface area contributed by atoms with Gasteiger partial charge in [0.1, 0.15) is 11.6 Å². The Hall–Kier alpha value is -2.56. The lowest BCUT2D eigenvalue weighted by Gasteiger charge is -2.13. The summed E-state index contributed by atoms with van der Waals surface area (Å²) in [5, 5.41) is 3.59. The molecule has 0 radical (unpaired) electrons. The summed E-state index contributed by atoms with van der Waals surface area (Å²) in [6.45, 7) is 0. The van der Waals surface area contributed by atoms with Crippen molar-refractivity contribution in [1.82, 2.24) is 0 Å². The van der Waals surface area contributed by atoms with Gasteiger partial charge in [-0.25, -0.2) is 4.39 Å². The van der Waals surface area contributed by atoms with Crippen molar-refractivity contribution >= 4 is 34.8 Å². The molecule has 0 aliphatic rings. The molecule has 0 atom stereocenters. The summed E-state index contributed by atoms with van der Waals surface area (Å²) >= 11 is 12.0. The Labute approximate surface area is 154 Å². The van der Waals surface area contributed by atoms with Gasteiger partial charge in [0.2, 0.25) is 0 Å². The van der Waals surface area contributed by atoms with Crippen molar-refractivity contribution in [3.63, 3.8) is 0 Å². The van der Waals surface area contributed by atoms with Crippen LogP contribution in [0.15, 0.2) is 66.7 Å². The maximum absolute atomic E-state index is 13.0. The highest BCUT2D eigenvalue weighted by Gasteiger charge is 2.12. The summed E-state index contributed by atoms with van der Waals surface area (Å²) in [6.07, 6.45) is 0. The molecule has 0 saturated heterocycles. The highest BCUT2D eigenvalue weighted by atomic mass is 35.5. The van der Waals surface area contributed by atoms with Gasteiger partial charge >= 0.3 is 0 Å². The molecule has 0 aliphatic heterocycles. The van der Waals surface area contributed by atoms with Gasteiger partial charge in [-0.3, -0.25) is 4.79 Å². The number of anilines is 1. The van der Waals surface area contributed by atoms with E-state index in [4.69, 9.17) is 27.9 Å². The van der Waals surface area contributed by atoms with Gasteiger partial charge in [-0.2, -0.15) is 0 Å². The zero-order chi connectivity index (χ0) is 17.8. The van der Waals surface area contributed by atoms with Crippen LogP contribution < -0.4 is 10.1 Å². The molecule has 0 bridgehead atoms. The average molecular weight is 376 g/mol. The van der Waals surface area contributed by atoms with Crippen molar-refractivity contribution in [1.29, 1.82) is 0 Å². The van der Waals surface area contributed by atoms with Crippen molar-refractivity contribution in [2.24, 2.45) is 0 Å². The van der Waals surface area contributed by atoms with Gasteiger partial charge in [-0.1, -0.05) is 35.3 Å². The second kappa shape index (κ2) is 7.55. The Bertz CT molecular complexity index is 914. The molecule has 3 nitrogen and oxygen atoms in total. The van der Waals surface area contributed by atoms with Crippen LogP contribution in [0.1, 0.15) is 10.4 Å². The third-order valence-electron chi connectivity index (χ3n) is 3.36. The van der Waals surface area contributed by atoms with E-state index in [1.165, 1.54) is 24.3 Å². The van der Waals surface area contributed by atoms with Gasteiger partial charge in [0.25, 0.3) is 5.91 Å². The van der Waals surface area contributed by atoms with E-state index in [0.29, 0.717) is 32.8 Å². The van der Waals surface area contributed by atoms with Crippen molar-refractivity contribution in [2.45, 2.75) is 0 Å². The molecule has 0 aliphatic carbocycles. The van der Waals surface area contributed by atoms with Gasteiger partial charge in [-0.15, -0.1) is 0 Å². The number of rotatable bonds is 4. The Balaban J connectivity index is 1.83. The molecular formula is C19H12Cl2FNO2. The second-order valence-corrected chi connectivity index (χ2v) is 5.98. The van der Waals surface area contributed by atoms with Gasteiger partial charge in [0, 0.05) is 10.6 Å². The first-order valence-electron chi connectivity index (χ1n) is 7.32. The topological polar surface area (TPSA) is 38.3 Å². The number of carbonyl (C=O) groups is 1. The van der Waals surface area contributed by atoms with E-state index in [-0.39, 0.29) is 5.91 Å². The summed E-state index contributed by atoms with van der Waals surface area (Å²) in [5.74, 6) is 0.0487. The van der Waals surface area contributed by atoms with E-state index < -0.39 is 5.82 Å². The second-order valence-electron chi connectivity index (χ2n) is 5.13. The van der Waals surface area contributed by atoms with E-state index in [1.807, 2.05) is 0 Å². The fourth-order valence-corrected chi connectivity index (χ4v) is 2.58. The number of nitrogens with one attached hydrogen (secondary N) is 1. The predicted molar refractivity (Wildman–Crippen MR) is 97.3 cm³/mol. The molecule has 0 fully saturated rings. The van der Waals surface area contributed by atoms with Crippen LogP contribution in [0.25, 0.3) is 0 Å². The highest BCUT2D eigenvalue weighted by molar-refractivity contribution is 6.35. The van der Waals surface area contributed by atoms with Crippen LogP contribution in [0.2, 0.25) is 10.0 Å². The Morgan fingerprint density at radius 1 is 0.920 bits per heavy atom. The first-order valence-corrected chi connectivity index (χ1v) is 8.07. The van der Waals surface area contributed by atoms with E-state index in [0.717, 1.165) is 0 Å². The van der Waals surface area contributed by atoms with E-state index in [1.54, 1.807) is 42.5 Å². The lowest BCUT2D eigenvalue weighted by Crippen LogP contribution is -2.12. The summed E-state index contributed by atoms with van der Waals surface area (Å²) in [6, 6.07) is 17.1. The maximum Gasteiger partial charge on any atom is 0.255 e. The van der Waals surface area contributed by atoms with E-state index in [2.05, 4.69) is 5.32 Å². The smallest absolute Gasteiger partial charge is 0.255 e. The van der Waals surface area contributed by atoms with Crippen LogP contribution >= 0.6 is 23.2 Å². The van der Waals surface area contributed by atoms with Crippen LogP contribution in [0.4, 0.5) is 10.1 Å². The third-order valence-corrected chi connectivity index (χ3v) is 3.89. The molecule has 3 aromatic carbocycles. The number of halogens is 3. The molecule has 3 aromatic rings. The SMILES string of the molecule is O=C(Nc1ccccc1Oc1ccc(Cl)cc1Cl)c1ccc(F)cc1.